The highest BCUT2D eigenvalue weighted by atomic mass is 35.5. The molecule has 86 valence electrons. The Bertz CT molecular complexity index is 525. The van der Waals surface area contributed by atoms with E-state index in [9.17, 15) is 0 Å². The SMILES string of the molecule is CC1(C)c2ccccc2N(Cl)c2ccccc21. The summed E-state index contributed by atoms with van der Waals surface area (Å²) in [6.45, 7) is 4.49. The number of rotatable bonds is 0. The molecule has 0 atom stereocenters. The van der Waals surface area contributed by atoms with Gasteiger partial charge in [-0.05, 0) is 23.3 Å². The smallest absolute Gasteiger partial charge is 0.0622 e. The molecule has 1 aliphatic heterocycles. The number of halogens is 1. The molecule has 0 aromatic heterocycles. The van der Waals surface area contributed by atoms with Crippen molar-refractivity contribution in [3.8, 4) is 0 Å². The van der Waals surface area contributed by atoms with E-state index >= 15 is 0 Å². The molecule has 0 spiro atoms. The van der Waals surface area contributed by atoms with Crippen LogP contribution in [-0.2, 0) is 5.41 Å². The molecule has 0 saturated heterocycles. The number of nitrogens with zero attached hydrogens (tertiary/aromatic N) is 1. The molecule has 2 aromatic rings. The van der Waals surface area contributed by atoms with Crippen LogP contribution in [0.25, 0.3) is 0 Å². The predicted octanol–water partition coefficient (Wildman–Crippen LogP) is 4.62. The third kappa shape index (κ3) is 1.39. The van der Waals surface area contributed by atoms with Gasteiger partial charge in [0.05, 0.1) is 11.4 Å². The second kappa shape index (κ2) is 3.51. The lowest BCUT2D eigenvalue weighted by Crippen LogP contribution is -2.28. The molecule has 0 N–H and O–H groups in total. The van der Waals surface area contributed by atoms with Gasteiger partial charge in [0.1, 0.15) is 0 Å². The van der Waals surface area contributed by atoms with E-state index in [0.717, 1.165) is 11.4 Å². The normalized spacial score (nSPS) is 16.3. The average molecular weight is 244 g/mol. The van der Waals surface area contributed by atoms with Gasteiger partial charge in [-0.1, -0.05) is 50.2 Å². The van der Waals surface area contributed by atoms with Crippen molar-refractivity contribution >= 4 is 23.2 Å². The standard InChI is InChI=1S/C15H14ClN/c1-15(2)11-7-3-5-9-13(11)17(16)14-10-6-4-8-12(14)15/h3-10H,1-2H3. The Balaban J connectivity index is 2.34. The van der Waals surface area contributed by atoms with Crippen molar-refractivity contribution in [3.05, 3.63) is 59.7 Å². The third-order valence-corrected chi connectivity index (χ3v) is 3.94. The van der Waals surface area contributed by atoms with Crippen molar-refractivity contribution in [1.29, 1.82) is 0 Å². The molecular weight excluding hydrogens is 230 g/mol. The Morgan fingerprint density at radius 2 is 1.24 bits per heavy atom. The van der Waals surface area contributed by atoms with Gasteiger partial charge in [-0.2, -0.15) is 0 Å². The second-order valence-corrected chi connectivity index (χ2v) is 5.28. The average Bonchev–Trinajstić information content (AvgIpc) is 2.37. The number of benzene rings is 2. The van der Waals surface area contributed by atoms with E-state index in [-0.39, 0.29) is 5.41 Å². The van der Waals surface area contributed by atoms with Crippen LogP contribution in [0.5, 0.6) is 0 Å². The van der Waals surface area contributed by atoms with Gasteiger partial charge in [0.2, 0.25) is 0 Å². The molecule has 0 saturated carbocycles. The summed E-state index contributed by atoms with van der Waals surface area (Å²) in [6.07, 6.45) is 0. The molecule has 0 radical (unpaired) electrons. The monoisotopic (exact) mass is 243 g/mol. The van der Waals surface area contributed by atoms with Crippen LogP contribution >= 0.6 is 11.8 Å². The van der Waals surface area contributed by atoms with E-state index in [1.807, 2.05) is 12.1 Å². The molecule has 1 nitrogen and oxygen atoms in total. The van der Waals surface area contributed by atoms with Crippen LogP contribution in [0.4, 0.5) is 11.4 Å². The van der Waals surface area contributed by atoms with Crippen molar-refractivity contribution in [2.75, 3.05) is 4.42 Å². The van der Waals surface area contributed by atoms with Crippen LogP contribution < -0.4 is 4.42 Å². The molecule has 2 aromatic carbocycles. The second-order valence-electron chi connectivity index (χ2n) is 4.94. The molecule has 0 fully saturated rings. The van der Waals surface area contributed by atoms with Crippen molar-refractivity contribution in [1.82, 2.24) is 0 Å². The van der Waals surface area contributed by atoms with Crippen LogP contribution in [0.2, 0.25) is 0 Å². The molecule has 0 unspecified atom stereocenters. The zero-order chi connectivity index (χ0) is 12.0. The molecule has 0 aliphatic carbocycles. The first-order valence-electron chi connectivity index (χ1n) is 5.77. The molecule has 1 aliphatic rings. The fourth-order valence-electron chi connectivity index (χ4n) is 2.62. The van der Waals surface area contributed by atoms with Gasteiger partial charge < -0.3 is 0 Å². The van der Waals surface area contributed by atoms with E-state index in [2.05, 4.69) is 50.2 Å². The molecule has 3 rings (SSSR count). The van der Waals surface area contributed by atoms with Crippen LogP contribution in [0.1, 0.15) is 25.0 Å². The summed E-state index contributed by atoms with van der Waals surface area (Å²) in [4.78, 5) is 0. The fraction of sp³-hybridized carbons (Fsp3) is 0.200. The highest BCUT2D eigenvalue weighted by Crippen LogP contribution is 2.49. The van der Waals surface area contributed by atoms with Crippen LogP contribution in [0.15, 0.2) is 48.5 Å². The fourth-order valence-corrected chi connectivity index (χ4v) is 2.92. The van der Waals surface area contributed by atoms with E-state index in [1.165, 1.54) is 11.1 Å². The molecular formula is C15H14ClN. The minimum atomic E-state index is -0.00141. The Morgan fingerprint density at radius 1 is 0.824 bits per heavy atom. The highest BCUT2D eigenvalue weighted by Gasteiger charge is 2.35. The van der Waals surface area contributed by atoms with Crippen molar-refractivity contribution < 1.29 is 0 Å². The first-order valence-corrected chi connectivity index (χ1v) is 6.11. The van der Waals surface area contributed by atoms with E-state index in [0.29, 0.717) is 0 Å². The number of hydrogen-bond donors (Lipinski definition) is 0. The van der Waals surface area contributed by atoms with Gasteiger partial charge in [-0.25, -0.2) is 0 Å². The summed E-state index contributed by atoms with van der Waals surface area (Å²) in [5, 5.41) is 0. The Morgan fingerprint density at radius 3 is 1.71 bits per heavy atom. The third-order valence-electron chi connectivity index (χ3n) is 3.58. The zero-order valence-corrected chi connectivity index (χ0v) is 10.7. The van der Waals surface area contributed by atoms with Gasteiger partial charge >= 0.3 is 0 Å². The summed E-state index contributed by atoms with van der Waals surface area (Å²) < 4.78 is 1.76. The van der Waals surface area contributed by atoms with Gasteiger partial charge in [-0.15, -0.1) is 0 Å². The minimum absolute atomic E-state index is 0.00141. The van der Waals surface area contributed by atoms with E-state index < -0.39 is 0 Å². The first kappa shape index (κ1) is 10.7. The van der Waals surface area contributed by atoms with Crippen LogP contribution in [-0.4, -0.2) is 0 Å². The van der Waals surface area contributed by atoms with Crippen molar-refractivity contribution in [2.24, 2.45) is 0 Å². The highest BCUT2D eigenvalue weighted by molar-refractivity contribution is 6.30. The van der Waals surface area contributed by atoms with Crippen molar-refractivity contribution in [2.45, 2.75) is 19.3 Å². The maximum absolute atomic E-state index is 6.44. The quantitative estimate of drug-likeness (QED) is 0.611. The van der Waals surface area contributed by atoms with E-state index in [4.69, 9.17) is 11.8 Å². The largest absolute Gasteiger partial charge is 0.253 e. The molecule has 1 heterocycles. The Kier molecular flexibility index (Phi) is 2.20. The Labute approximate surface area is 107 Å². The lowest BCUT2D eigenvalue weighted by atomic mass is 9.74. The topological polar surface area (TPSA) is 3.24 Å². The maximum atomic E-state index is 6.44. The van der Waals surface area contributed by atoms with Gasteiger partial charge in [-0.3, -0.25) is 4.42 Å². The summed E-state index contributed by atoms with van der Waals surface area (Å²) in [5.74, 6) is 0. The summed E-state index contributed by atoms with van der Waals surface area (Å²) in [6, 6.07) is 16.6. The summed E-state index contributed by atoms with van der Waals surface area (Å²) in [5.41, 5.74) is 4.71. The predicted molar refractivity (Wildman–Crippen MR) is 73.0 cm³/mol. The van der Waals surface area contributed by atoms with Gasteiger partial charge in [0.25, 0.3) is 0 Å². The Hall–Kier alpha value is -1.47. The van der Waals surface area contributed by atoms with Crippen LogP contribution in [0.3, 0.4) is 0 Å². The van der Waals surface area contributed by atoms with Crippen LogP contribution in [0, 0.1) is 0 Å². The number of para-hydroxylation sites is 2. The van der Waals surface area contributed by atoms with Gasteiger partial charge in [0, 0.05) is 17.2 Å². The molecule has 17 heavy (non-hydrogen) atoms. The minimum Gasteiger partial charge on any atom is -0.253 e. The summed E-state index contributed by atoms with van der Waals surface area (Å²) in [7, 11) is 0. The lowest BCUT2D eigenvalue weighted by Gasteiger charge is -2.38. The zero-order valence-electron chi connectivity index (χ0n) is 9.94. The molecule has 0 amide bonds. The number of hydrogen-bond acceptors (Lipinski definition) is 1. The maximum Gasteiger partial charge on any atom is 0.0622 e. The molecule has 0 bridgehead atoms. The molecule has 2 heteroatoms. The summed E-state index contributed by atoms with van der Waals surface area (Å²) >= 11 is 6.44. The lowest BCUT2D eigenvalue weighted by molar-refractivity contribution is 0.634. The first-order chi connectivity index (χ1) is 8.12. The van der Waals surface area contributed by atoms with E-state index in [1.54, 1.807) is 4.42 Å². The van der Waals surface area contributed by atoms with Crippen molar-refractivity contribution in [3.63, 3.8) is 0 Å². The number of anilines is 2. The van der Waals surface area contributed by atoms with Gasteiger partial charge in [0.15, 0.2) is 0 Å². The number of fused-ring (bicyclic) bond motifs is 2.